The maximum absolute atomic E-state index is 13.8. The van der Waals surface area contributed by atoms with Crippen LogP contribution in [0.1, 0.15) is 35.0 Å². The monoisotopic (exact) mass is 342 g/mol. The molecular weight excluding hydrogens is 326 g/mol. The quantitative estimate of drug-likeness (QED) is 0.704. The number of amides is 1. The standard InChI is InChI=1S/C19H16F2N2O2/c20-13-4-3-5-14(21)17(13)19(24)23-10-8-12(9-11-23)18-22-15-6-1-2-7-16(15)25-18/h1-7,12H,8-11H2. The van der Waals surface area contributed by atoms with Crippen LogP contribution in [0.3, 0.4) is 0 Å². The Morgan fingerprint density at radius 2 is 1.72 bits per heavy atom. The number of rotatable bonds is 2. The van der Waals surface area contributed by atoms with E-state index in [1.165, 1.54) is 11.0 Å². The lowest BCUT2D eigenvalue weighted by Gasteiger charge is -2.30. The minimum absolute atomic E-state index is 0.0990. The molecule has 6 heteroatoms. The number of aromatic nitrogens is 1. The average molecular weight is 342 g/mol. The number of benzene rings is 2. The number of piperidine rings is 1. The first-order chi connectivity index (χ1) is 12.1. The van der Waals surface area contributed by atoms with E-state index in [4.69, 9.17) is 4.42 Å². The lowest BCUT2D eigenvalue weighted by Crippen LogP contribution is -2.38. The highest BCUT2D eigenvalue weighted by atomic mass is 19.1. The van der Waals surface area contributed by atoms with Crippen molar-refractivity contribution in [3.05, 3.63) is 65.6 Å². The number of oxazole rings is 1. The molecule has 2 aromatic carbocycles. The van der Waals surface area contributed by atoms with E-state index in [0.29, 0.717) is 31.8 Å². The van der Waals surface area contributed by atoms with Crippen molar-refractivity contribution >= 4 is 17.0 Å². The molecule has 3 aromatic rings. The fourth-order valence-electron chi connectivity index (χ4n) is 3.25. The Balaban J connectivity index is 1.48. The number of likely N-dealkylation sites (tertiary alicyclic amines) is 1. The predicted octanol–water partition coefficient (Wildman–Crippen LogP) is 4.13. The average Bonchev–Trinajstić information content (AvgIpc) is 3.06. The van der Waals surface area contributed by atoms with Crippen molar-refractivity contribution in [2.24, 2.45) is 0 Å². The summed E-state index contributed by atoms with van der Waals surface area (Å²) in [6.45, 7) is 0.825. The molecule has 0 N–H and O–H groups in total. The maximum Gasteiger partial charge on any atom is 0.259 e. The second kappa shape index (κ2) is 6.27. The molecule has 1 aliphatic heterocycles. The van der Waals surface area contributed by atoms with Crippen LogP contribution in [0.4, 0.5) is 8.78 Å². The smallest absolute Gasteiger partial charge is 0.259 e. The van der Waals surface area contributed by atoms with Gasteiger partial charge >= 0.3 is 0 Å². The van der Waals surface area contributed by atoms with Gasteiger partial charge in [-0.05, 0) is 37.1 Å². The number of hydrogen-bond donors (Lipinski definition) is 0. The van der Waals surface area contributed by atoms with E-state index >= 15 is 0 Å². The summed E-state index contributed by atoms with van der Waals surface area (Å²) in [7, 11) is 0. The highest BCUT2D eigenvalue weighted by molar-refractivity contribution is 5.94. The van der Waals surface area contributed by atoms with E-state index in [1.807, 2.05) is 24.3 Å². The van der Waals surface area contributed by atoms with Gasteiger partial charge in [0.2, 0.25) is 0 Å². The van der Waals surface area contributed by atoms with Gasteiger partial charge in [0.1, 0.15) is 22.7 Å². The topological polar surface area (TPSA) is 46.3 Å². The second-order valence-corrected chi connectivity index (χ2v) is 6.18. The molecule has 1 saturated heterocycles. The second-order valence-electron chi connectivity index (χ2n) is 6.18. The Labute approximate surface area is 143 Å². The van der Waals surface area contributed by atoms with E-state index in [-0.39, 0.29) is 5.92 Å². The van der Waals surface area contributed by atoms with Crippen molar-refractivity contribution in [1.82, 2.24) is 9.88 Å². The lowest BCUT2D eigenvalue weighted by atomic mass is 9.96. The van der Waals surface area contributed by atoms with Gasteiger partial charge in [-0.15, -0.1) is 0 Å². The van der Waals surface area contributed by atoms with Gasteiger partial charge in [0.15, 0.2) is 11.5 Å². The number of carbonyl (C=O) groups excluding carboxylic acids is 1. The third kappa shape index (κ3) is 2.88. The van der Waals surface area contributed by atoms with Crippen molar-refractivity contribution in [1.29, 1.82) is 0 Å². The van der Waals surface area contributed by atoms with E-state index in [1.54, 1.807) is 0 Å². The van der Waals surface area contributed by atoms with Gasteiger partial charge in [-0.25, -0.2) is 13.8 Å². The van der Waals surface area contributed by atoms with Crippen LogP contribution in [0.15, 0.2) is 46.9 Å². The molecule has 4 rings (SSSR count). The first-order valence-electron chi connectivity index (χ1n) is 8.22. The largest absolute Gasteiger partial charge is 0.440 e. The van der Waals surface area contributed by atoms with Crippen molar-refractivity contribution in [3.8, 4) is 0 Å². The number of halogens is 2. The van der Waals surface area contributed by atoms with E-state index in [0.717, 1.165) is 23.2 Å². The Kier molecular flexibility index (Phi) is 3.95. The summed E-state index contributed by atoms with van der Waals surface area (Å²) in [5.41, 5.74) is 1.07. The van der Waals surface area contributed by atoms with Gasteiger partial charge in [-0.3, -0.25) is 4.79 Å². The van der Waals surface area contributed by atoms with Gasteiger partial charge in [-0.1, -0.05) is 18.2 Å². The summed E-state index contributed by atoms with van der Waals surface area (Å²) in [5.74, 6) is -1.50. The van der Waals surface area contributed by atoms with Crippen LogP contribution in [-0.2, 0) is 0 Å². The Morgan fingerprint density at radius 1 is 1.04 bits per heavy atom. The first-order valence-corrected chi connectivity index (χ1v) is 8.22. The number of hydrogen-bond acceptors (Lipinski definition) is 3. The normalized spacial score (nSPS) is 15.7. The van der Waals surface area contributed by atoms with Crippen LogP contribution in [0.5, 0.6) is 0 Å². The molecule has 1 fully saturated rings. The molecule has 0 spiro atoms. The van der Waals surface area contributed by atoms with Crippen LogP contribution in [0, 0.1) is 11.6 Å². The molecule has 0 aliphatic carbocycles. The van der Waals surface area contributed by atoms with Crippen molar-refractivity contribution < 1.29 is 18.0 Å². The van der Waals surface area contributed by atoms with Gasteiger partial charge in [0.25, 0.3) is 5.91 Å². The zero-order valence-corrected chi connectivity index (χ0v) is 13.4. The summed E-state index contributed by atoms with van der Waals surface area (Å²) in [6.07, 6.45) is 1.29. The molecule has 0 atom stereocenters. The van der Waals surface area contributed by atoms with Crippen molar-refractivity contribution in [2.45, 2.75) is 18.8 Å². The first kappa shape index (κ1) is 15.7. The third-order valence-corrected chi connectivity index (χ3v) is 4.62. The zero-order chi connectivity index (χ0) is 17.4. The molecular formula is C19H16F2N2O2. The zero-order valence-electron chi connectivity index (χ0n) is 13.4. The molecule has 1 amide bonds. The molecule has 128 valence electrons. The fourth-order valence-corrected chi connectivity index (χ4v) is 3.25. The molecule has 4 nitrogen and oxygen atoms in total. The Bertz CT molecular complexity index is 877. The van der Waals surface area contributed by atoms with Gasteiger partial charge in [-0.2, -0.15) is 0 Å². The summed E-state index contributed by atoms with van der Waals surface area (Å²) >= 11 is 0. The van der Waals surface area contributed by atoms with Gasteiger partial charge in [0, 0.05) is 19.0 Å². The highest BCUT2D eigenvalue weighted by Crippen LogP contribution is 2.30. The molecule has 25 heavy (non-hydrogen) atoms. The van der Waals surface area contributed by atoms with Crippen LogP contribution in [0.25, 0.3) is 11.1 Å². The Hall–Kier alpha value is -2.76. The molecule has 2 heterocycles. The van der Waals surface area contributed by atoms with Crippen molar-refractivity contribution in [3.63, 3.8) is 0 Å². The van der Waals surface area contributed by atoms with Gasteiger partial charge < -0.3 is 9.32 Å². The van der Waals surface area contributed by atoms with Crippen LogP contribution in [0.2, 0.25) is 0 Å². The van der Waals surface area contributed by atoms with E-state index in [2.05, 4.69) is 4.98 Å². The minimum Gasteiger partial charge on any atom is -0.440 e. The number of carbonyl (C=O) groups is 1. The summed E-state index contributed by atoms with van der Waals surface area (Å²) in [5, 5.41) is 0. The summed E-state index contributed by atoms with van der Waals surface area (Å²) in [6, 6.07) is 11.0. The predicted molar refractivity (Wildman–Crippen MR) is 88.2 cm³/mol. The summed E-state index contributed by atoms with van der Waals surface area (Å²) in [4.78, 5) is 18.4. The Morgan fingerprint density at radius 3 is 2.40 bits per heavy atom. The molecule has 0 bridgehead atoms. The van der Waals surface area contributed by atoms with Crippen LogP contribution in [-0.4, -0.2) is 28.9 Å². The number of nitrogens with zero attached hydrogens (tertiary/aromatic N) is 2. The molecule has 0 radical (unpaired) electrons. The van der Waals surface area contributed by atoms with E-state index < -0.39 is 23.1 Å². The number of para-hydroxylation sites is 2. The third-order valence-electron chi connectivity index (χ3n) is 4.62. The van der Waals surface area contributed by atoms with E-state index in [9.17, 15) is 13.6 Å². The van der Waals surface area contributed by atoms with Crippen LogP contribution < -0.4 is 0 Å². The summed E-state index contributed by atoms with van der Waals surface area (Å²) < 4.78 is 33.4. The SMILES string of the molecule is O=C(c1c(F)cccc1F)N1CCC(c2nc3ccccc3o2)CC1. The molecule has 0 saturated carbocycles. The highest BCUT2D eigenvalue weighted by Gasteiger charge is 2.29. The minimum atomic E-state index is -0.828. The molecule has 1 aromatic heterocycles. The fraction of sp³-hybridized carbons (Fsp3) is 0.263. The van der Waals surface area contributed by atoms with Crippen molar-refractivity contribution in [2.75, 3.05) is 13.1 Å². The van der Waals surface area contributed by atoms with Gasteiger partial charge in [0.05, 0.1) is 0 Å². The van der Waals surface area contributed by atoms with Crippen LogP contribution >= 0.6 is 0 Å². The molecule has 1 aliphatic rings. The molecule has 0 unspecified atom stereocenters. The lowest BCUT2D eigenvalue weighted by molar-refractivity contribution is 0.0697. The number of fused-ring (bicyclic) bond motifs is 1. The maximum atomic E-state index is 13.8.